The summed E-state index contributed by atoms with van der Waals surface area (Å²) in [6, 6.07) is 13.8. The van der Waals surface area contributed by atoms with Crippen molar-refractivity contribution >= 4 is 17.8 Å². The molecule has 0 bridgehead atoms. The Morgan fingerprint density at radius 3 is 2.32 bits per heavy atom. The molecule has 0 spiro atoms. The van der Waals surface area contributed by atoms with Gasteiger partial charge < -0.3 is 15.0 Å². The maximum atomic E-state index is 13.2. The molecule has 0 saturated heterocycles. The van der Waals surface area contributed by atoms with Gasteiger partial charge in [0.1, 0.15) is 12.4 Å². The van der Waals surface area contributed by atoms with Gasteiger partial charge in [0.25, 0.3) is 11.8 Å². The van der Waals surface area contributed by atoms with Crippen LogP contribution in [0, 0.1) is 5.82 Å². The summed E-state index contributed by atoms with van der Waals surface area (Å²) in [6.07, 6.45) is -1.10. The van der Waals surface area contributed by atoms with Gasteiger partial charge in [-0.05, 0) is 32.0 Å². The third-order valence-electron chi connectivity index (χ3n) is 4.13. The summed E-state index contributed by atoms with van der Waals surface area (Å²) in [4.78, 5) is 38.6. The average molecular weight is 386 g/mol. The van der Waals surface area contributed by atoms with E-state index in [-0.39, 0.29) is 11.5 Å². The van der Waals surface area contributed by atoms with Crippen molar-refractivity contribution in [2.75, 3.05) is 19.6 Å². The van der Waals surface area contributed by atoms with Gasteiger partial charge in [-0.2, -0.15) is 0 Å². The predicted octanol–water partition coefficient (Wildman–Crippen LogP) is 2.71. The van der Waals surface area contributed by atoms with E-state index in [1.807, 2.05) is 13.8 Å². The van der Waals surface area contributed by atoms with Crippen LogP contribution in [0.2, 0.25) is 0 Å². The molecule has 1 atom stereocenters. The highest BCUT2D eigenvalue weighted by molar-refractivity contribution is 5.96. The molecule has 148 valence electrons. The number of carbonyl (C=O) groups excluding carboxylic acids is 3. The van der Waals surface area contributed by atoms with Crippen LogP contribution < -0.4 is 5.32 Å². The molecule has 0 aromatic heterocycles. The molecule has 0 aliphatic heterocycles. The van der Waals surface area contributed by atoms with Crippen LogP contribution in [0.15, 0.2) is 54.6 Å². The molecule has 0 unspecified atom stereocenters. The van der Waals surface area contributed by atoms with Crippen molar-refractivity contribution < 1.29 is 23.5 Å². The molecule has 7 heteroatoms. The van der Waals surface area contributed by atoms with E-state index in [9.17, 15) is 18.8 Å². The molecule has 0 heterocycles. The number of amides is 2. The molecule has 0 fully saturated rings. The number of halogens is 1. The first-order chi connectivity index (χ1) is 13.5. The molecule has 0 aliphatic rings. The number of ether oxygens (including phenoxy) is 1. The summed E-state index contributed by atoms with van der Waals surface area (Å²) in [5.41, 5.74) is 0.635. The largest absolute Gasteiger partial charge is 0.446 e. The highest BCUT2D eigenvalue weighted by Crippen LogP contribution is 2.20. The van der Waals surface area contributed by atoms with E-state index < -0.39 is 30.3 Å². The van der Waals surface area contributed by atoms with Crippen molar-refractivity contribution in [2.45, 2.75) is 20.0 Å². The Balaban J connectivity index is 2.05. The van der Waals surface area contributed by atoms with E-state index in [4.69, 9.17) is 4.74 Å². The van der Waals surface area contributed by atoms with Gasteiger partial charge in [-0.25, -0.2) is 4.39 Å². The van der Waals surface area contributed by atoms with Crippen molar-refractivity contribution in [3.63, 3.8) is 0 Å². The lowest BCUT2D eigenvalue weighted by Crippen LogP contribution is -2.38. The topological polar surface area (TPSA) is 75.7 Å². The number of benzene rings is 2. The average Bonchev–Trinajstić information content (AvgIpc) is 2.71. The normalized spacial score (nSPS) is 11.4. The van der Waals surface area contributed by atoms with Gasteiger partial charge in [-0.3, -0.25) is 14.4 Å². The van der Waals surface area contributed by atoms with Gasteiger partial charge >= 0.3 is 5.97 Å². The second-order valence-corrected chi connectivity index (χ2v) is 5.98. The van der Waals surface area contributed by atoms with Crippen LogP contribution in [0.25, 0.3) is 0 Å². The van der Waals surface area contributed by atoms with Gasteiger partial charge in [0, 0.05) is 24.2 Å². The van der Waals surface area contributed by atoms with Crippen LogP contribution in [0.3, 0.4) is 0 Å². The molecular weight excluding hydrogens is 363 g/mol. The molecular formula is C21H23FN2O4. The lowest BCUT2D eigenvalue weighted by Gasteiger charge is -2.25. The molecule has 28 heavy (non-hydrogen) atoms. The van der Waals surface area contributed by atoms with E-state index in [0.717, 1.165) is 6.07 Å². The first-order valence-corrected chi connectivity index (χ1v) is 9.03. The van der Waals surface area contributed by atoms with Crippen LogP contribution in [0.1, 0.15) is 35.9 Å². The van der Waals surface area contributed by atoms with E-state index >= 15 is 0 Å². The summed E-state index contributed by atoms with van der Waals surface area (Å²) in [7, 11) is 0. The summed E-state index contributed by atoms with van der Waals surface area (Å²) in [5, 5.41) is 2.37. The maximum Gasteiger partial charge on any atom is 0.326 e. The van der Waals surface area contributed by atoms with Crippen LogP contribution in [0.5, 0.6) is 0 Å². The Hall–Kier alpha value is -3.22. The monoisotopic (exact) mass is 386 g/mol. The van der Waals surface area contributed by atoms with Crippen LogP contribution in [-0.4, -0.2) is 42.3 Å². The number of nitrogens with one attached hydrogen (secondary N) is 1. The second-order valence-electron chi connectivity index (χ2n) is 5.98. The van der Waals surface area contributed by atoms with Gasteiger partial charge in [-0.1, -0.05) is 36.4 Å². The van der Waals surface area contributed by atoms with Gasteiger partial charge in [-0.15, -0.1) is 0 Å². The summed E-state index contributed by atoms with van der Waals surface area (Å²) in [5.74, 6) is -2.26. The van der Waals surface area contributed by atoms with Crippen molar-refractivity contribution in [3.8, 4) is 0 Å². The maximum absolute atomic E-state index is 13.2. The van der Waals surface area contributed by atoms with Crippen LogP contribution >= 0.6 is 0 Å². The molecule has 1 N–H and O–H groups in total. The smallest absolute Gasteiger partial charge is 0.326 e. The molecule has 0 radical (unpaired) electrons. The molecule has 0 aliphatic carbocycles. The summed E-state index contributed by atoms with van der Waals surface area (Å²) < 4.78 is 18.6. The second kappa shape index (κ2) is 10.2. The van der Waals surface area contributed by atoms with E-state index in [1.165, 1.54) is 18.2 Å². The van der Waals surface area contributed by atoms with Gasteiger partial charge in [0.15, 0.2) is 0 Å². The fraction of sp³-hybridized carbons (Fsp3) is 0.286. The predicted molar refractivity (Wildman–Crippen MR) is 102 cm³/mol. The number of rotatable bonds is 8. The van der Waals surface area contributed by atoms with Crippen molar-refractivity contribution in [2.24, 2.45) is 0 Å². The molecule has 2 aromatic carbocycles. The first-order valence-electron chi connectivity index (χ1n) is 9.03. The summed E-state index contributed by atoms with van der Waals surface area (Å²) >= 11 is 0. The highest BCUT2D eigenvalue weighted by Gasteiger charge is 2.28. The lowest BCUT2D eigenvalue weighted by molar-refractivity contribution is -0.160. The zero-order chi connectivity index (χ0) is 20.5. The number of likely N-dealkylation sites (N-methyl/N-ethyl adjacent to an activating group) is 1. The number of hydrogen-bond acceptors (Lipinski definition) is 4. The van der Waals surface area contributed by atoms with Crippen LogP contribution in [0.4, 0.5) is 4.39 Å². The standard InChI is InChI=1S/C21H23FN2O4/c1-3-24(4-2)21(27)19(15-9-6-5-7-10-15)28-18(25)14-23-20(26)16-11-8-12-17(22)13-16/h5-13,19H,3-4,14H2,1-2H3,(H,23,26)/t19-/m0/s1. The molecule has 0 saturated carbocycles. The Bertz CT molecular complexity index is 822. The van der Waals surface area contributed by atoms with E-state index in [0.29, 0.717) is 18.7 Å². The fourth-order valence-corrected chi connectivity index (χ4v) is 2.65. The third-order valence-corrected chi connectivity index (χ3v) is 4.13. The third kappa shape index (κ3) is 5.64. The minimum atomic E-state index is -1.10. The van der Waals surface area contributed by atoms with E-state index in [2.05, 4.69) is 5.32 Å². The molecule has 6 nitrogen and oxygen atoms in total. The minimum Gasteiger partial charge on any atom is -0.446 e. The zero-order valence-corrected chi connectivity index (χ0v) is 15.9. The van der Waals surface area contributed by atoms with Gasteiger partial charge in [0.05, 0.1) is 0 Å². The molecule has 2 rings (SSSR count). The van der Waals surface area contributed by atoms with Crippen molar-refractivity contribution in [1.29, 1.82) is 0 Å². The minimum absolute atomic E-state index is 0.0895. The highest BCUT2D eigenvalue weighted by atomic mass is 19.1. The van der Waals surface area contributed by atoms with Crippen LogP contribution in [-0.2, 0) is 14.3 Å². The molecule has 2 aromatic rings. The summed E-state index contributed by atoms with van der Waals surface area (Å²) in [6.45, 7) is 4.19. The number of nitrogens with zero attached hydrogens (tertiary/aromatic N) is 1. The Morgan fingerprint density at radius 2 is 1.71 bits per heavy atom. The lowest BCUT2D eigenvalue weighted by atomic mass is 10.1. The van der Waals surface area contributed by atoms with E-state index in [1.54, 1.807) is 35.2 Å². The van der Waals surface area contributed by atoms with Gasteiger partial charge in [0.2, 0.25) is 6.10 Å². The SMILES string of the molecule is CCN(CC)C(=O)[C@@H](OC(=O)CNC(=O)c1cccc(F)c1)c1ccccc1. The Kier molecular flexibility index (Phi) is 7.68. The number of carbonyl (C=O) groups is 3. The Morgan fingerprint density at radius 1 is 1.04 bits per heavy atom. The van der Waals surface area contributed by atoms with Crippen molar-refractivity contribution in [1.82, 2.24) is 10.2 Å². The fourth-order valence-electron chi connectivity index (χ4n) is 2.65. The zero-order valence-electron chi connectivity index (χ0n) is 15.9. The quantitative estimate of drug-likeness (QED) is 0.708. The number of hydrogen-bond donors (Lipinski definition) is 1. The van der Waals surface area contributed by atoms with Crippen molar-refractivity contribution in [3.05, 3.63) is 71.5 Å². The first kappa shape index (κ1) is 21.1. The Labute approximate surface area is 163 Å². The number of esters is 1. The molecule has 2 amide bonds.